The Morgan fingerprint density at radius 3 is 2.53 bits per heavy atom. The molecule has 0 saturated heterocycles. The molecule has 1 atom stereocenters. The Kier molecular flexibility index (Phi) is 4.29. The van der Waals surface area contributed by atoms with Gasteiger partial charge in [-0.05, 0) is 25.5 Å². The zero-order chi connectivity index (χ0) is 13.7. The molecule has 1 amide bonds. The zero-order valence-electron chi connectivity index (χ0n) is 11.3. The second-order valence-electron chi connectivity index (χ2n) is 4.58. The van der Waals surface area contributed by atoms with Crippen molar-refractivity contribution in [2.75, 3.05) is 0 Å². The summed E-state index contributed by atoms with van der Waals surface area (Å²) in [5.74, 6) is -0.0681. The van der Waals surface area contributed by atoms with E-state index in [0.29, 0.717) is 5.56 Å². The molecule has 0 radical (unpaired) electrons. The largest absolute Gasteiger partial charge is 0.350 e. The van der Waals surface area contributed by atoms with E-state index >= 15 is 0 Å². The monoisotopic (exact) mass is 254 g/mol. The maximum absolute atomic E-state index is 11.9. The SMILES string of the molecule is CC[C@@H](C)NC(=O)c1ccc(-c2ccccc2)nc1. The summed E-state index contributed by atoms with van der Waals surface area (Å²) < 4.78 is 0. The third-order valence-electron chi connectivity index (χ3n) is 3.09. The molecule has 1 heterocycles. The van der Waals surface area contributed by atoms with E-state index in [1.807, 2.05) is 56.3 Å². The molecule has 1 aromatic heterocycles. The predicted octanol–water partition coefficient (Wildman–Crippen LogP) is 3.28. The van der Waals surface area contributed by atoms with Crippen LogP contribution in [0.5, 0.6) is 0 Å². The van der Waals surface area contributed by atoms with E-state index < -0.39 is 0 Å². The third-order valence-corrected chi connectivity index (χ3v) is 3.09. The predicted molar refractivity (Wildman–Crippen MR) is 76.9 cm³/mol. The van der Waals surface area contributed by atoms with Crippen LogP contribution in [0.4, 0.5) is 0 Å². The van der Waals surface area contributed by atoms with Crippen LogP contribution < -0.4 is 5.32 Å². The molecule has 1 aromatic carbocycles. The number of nitrogens with zero attached hydrogens (tertiary/aromatic N) is 1. The number of aromatic nitrogens is 1. The van der Waals surface area contributed by atoms with Crippen molar-refractivity contribution in [3.8, 4) is 11.3 Å². The van der Waals surface area contributed by atoms with Gasteiger partial charge >= 0.3 is 0 Å². The summed E-state index contributed by atoms with van der Waals surface area (Å²) in [4.78, 5) is 16.3. The van der Waals surface area contributed by atoms with Gasteiger partial charge in [0.15, 0.2) is 0 Å². The Hall–Kier alpha value is -2.16. The Labute approximate surface area is 113 Å². The fourth-order valence-electron chi connectivity index (χ4n) is 1.72. The van der Waals surface area contributed by atoms with Crippen LogP contribution in [0.15, 0.2) is 48.7 Å². The zero-order valence-corrected chi connectivity index (χ0v) is 11.3. The normalized spacial score (nSPS) is 11.9. The van der Waals surface area contributed by atoms with E-state index in [4.69, 9.17) is 0 Å². The Morgan fingerprint density at radius 2 is 1.95 bits per heavy atom. The highest BCUT2D eigenvalue weighted by atomic mass is 16.1. The van der Waals surface area contributed by atoms with Crippen molar-refractivity contribution < 1.29 is 4.79 Å². The molecule has 0 saturated carbocycles. The lowest BCUT2D eigenvalue weighted by Gasteiger charge is -2.11. The summed E-state index contributed by atoms with van der Waals surface area (Å²) in [5.41, 5.74) is 2.53. The quantitative estimate of drug-likeness (QED) is 0.909. The smallest absolute Gasteiger partial charge is 0.253 e. The summed E-state index contributed by atoms with van der Waals surface area (Å²) in [6.45, 7) is 4.03. The van der Waals surface area contributed by atoms with Crippen LogP contribution in [-0.4, -0.2) is 16.9 Å². The molecule has 2 rings (SSSR count). The first kappa shape index (κ1) is 13.3. The number of rotatable bonds is 4. The lowest BCUT2D eigenvalue weighted by Crippen LogP contribution is -2.31. The van der Waals surface area contributed by atoms with Crippen LogP contribution >= 0.6 is 0 Å². The van der Waals surface area contributed by atoms with Crippen molar-refractivity contribution in [2.24, 2.45) is 0 Å². The van der Waals surface area contributed by atoms with Crippen LogP contribution in [0.3, 0.4) is 0 Å². The van der Waals surface area contributed by atoms with Gasteiger partial charge < -0.3 is 5.32 Å². The number of hydrogen-bond donors (Lipinski definition) is 1. The Bertz CT molecular complexity index is 534. The van der Waals surface area contributed by atoms with E-state index in [-0.39, 0.29) is 11.9 Å². The maximum Gasteiger partial charge on any atom is 0.253 e. The van der Waals surface area contributed by atoms with Crippen LogP contribution in [0.25, 0.3) is 11.3 Å². The first-order valence-electron chi connectivity index (χ1n) is 6.53. The molecule has 0 unspecified atom stereocenters. The average Bonchev–Trinajstić information content (AvgIpc) is 2.48. The van der Waals surface area contributed by atoms with Gasteiger partial charge in [0.25, 0.3) is 5.91 Å². The highest BCUT2D eigenvalue weighted by Crippen LogP contribution is 2.16. The van der Waals surface area contributed by atoms with Gasteiger partial charge in [0.1, 0.15) is 0 Å². The lowest BCUT2D eigenvalue weighted by molar-refractivity contribution is 0.0939. The number of pyridine rings is 1. The summed E-state index contributed by atoms with van der Waals surface area (Å²) in [6, 6.07) is 13.8. The first-order chi connectivity index (χ1) is 9.20. The van der Waals surface area contributed by atoms with E-state index in [2.05, 4.69) is 10.3 Å². The van der Waals surface area contributed by atoms with Crippen molar-refractivity contribution >= 4 is 5.91 Å². The van der Waals surface area contributed by atoms with E-state index in [0.717, 1.165) is 17.7 Å². The molecule has 0 bridgehead atoms. The topological polar surface area (TPSA) is 42.0 Å². The number of carbonyl (C=O) groups excluding carboxylic acids is 1. The molecule has 0 aliphatic rings. The van der Waals surface area contributed by atoms with Crippen molar-refractivity contribution in [1.82, 2.24) is 10.3 Å². The van der Waals surface area contributed by atoms with Crippen LogP contribution in [0.2, 0.25) is 0 Å². The van der Waals surface area contributed by atoms with Gasteiger partial charge in [-0.3, -0.25) is 9.78 Å². The van der Waals surface area contributed by atoms with Crippen molar-refractivity contribution in [1.29, 1.82) is 0 Å². The summed E-state index contributed by atoms with van der Waals surface area (Å²) in [7, 11) is 0. The highest BCUT2D eigenvalue weighted by molar-refractivity contribution is 5.94. The van der Waals surface area contributed by atoms with E-state index in [1.165, 1.54) is 0 Å². The molecule has 3 heteroatoms. The number of benzene rings is 1. The summed E-state index contributed by atoms with van der Waals surface area (Å²) in [5, 5.41) is 2.93. The van der Waals surface area contributed by atoms with Gasteiger partial charge in [0.2, 0.25) is 0 Å². The van der Waals surface area contributed by atoms with E-state index in [1.54, 1.807) is 6.20 Å². The van der Waals surface area contributed by atoms with Gasteiger partial charge in [-0.2, -0.15) is 0 Å². The van der Waals surface area contributed by atoms with E-state index in [9.17, 15) is 4.79 Å². The molecular formula is C16H18N2O. The minimum atomic E-state index is -0.0681. The maximum atomic E-state index is 11.9. The molecule has 3 nitrogen and oxygen atoms in total. The molecule has 19 heavy (non-hydrogen) atoms. The van der Waals surface area contributed by atoms with Crippen molar-refractivity contribution in [3.63, 3.8) is 0 Å². The van der Waals surface area contributed by atoms with Gasteiger partial charge in [-0.1, -0.05) is 37.3 Å². The average molecular weight is 254 g/mol. The molecule has 98 valence electrons. The number of nitrogens with one attached hydrogen (secondary N) is 1. The van der Waals surface area contributed by atoms with Crippen molar-refractivity contribution in [3.05, 3.63) is 54.2 Å². The number of hydrogen-bond acceptors (Lipinski definition) is 2. The van der Waals surface area contributed by atoms with Crippen LogP contribution in [0.1, 0.15) is 30.6 Å². The van der Waals surface area contributed by atoms with Gasteiger partial charge in [-0.25, -0.2) is 0 Å². The Balaban J connectivity index is 2.13. The number of amides is 1. The molecule has 0 fully saturated rings. The second-order valence-corrected chi connectivity index (χ2v) is 4.58. The number of carbonyl (C=O) groups is 1. The fraction of sp³-hybridized carbons (Fsp3) is 0.250. The standard InChI is InChI=1S/C16H18N2O/c1-3-12(2)18-16(19)14-9-10-15(17-11-14)13-7-5-4-6-8-13/h4-12H,3H2,1-2H3,(H,18,19)/t12-/m1/s1. The van der Waals surface area contributed by atoms with Crippen LogP contribution in [-0.2, 0) is 0 Å². The molecule has 2 aromatic rings. The molecule has 0 aliphatic carbocycles. The second kappa shape index (κ2) is 6.14. The Morgan fingerprint density at radius 1 is 1.21 bits per heavy atom. The van der Waals surface area contributed by atoms with Crippen molar-refractivity contribution in [2.45, 2.75) is 26.3 Å². The molecule has 1 N–H and O–H groups in total. The minimum absolute atomic E-state index is 0.0681. The van der Waals surface area contributed by atoms with Gasteiger partial charge in [-0.15, -0.1) is 0 Å². The highest BCUT2D eigenvalue weighted by Gasteiger charge is 2.09. The summed E-state index contributed by atoms with van der Waals surface area (Å²) >= 11 is 0. The molecular weight excluding hydrogens is 236 g/mol. The van der Waals surface area contributed by atoms with Gasteiger partial charge in [0.05, 0.1) is 11.3 Å². The van der Waals surface area contributed by atoms with Gasteiger partial charge in [0, 0.05) is 17.8 Å². The fourth-order valence-corrected chi connectivity index (χ4v) is 1.72. The molecule has 0 spiro atoms. The third kappa shape index (κ3) is 3.41. The van der Waals surface area contributed by atoms with Crippen LogP contribution in [0, 0.1) is 0 Å². The summed E-state index contributed by atoms with van der Waals surface area (Å²) in [6.07, 6.45) is 2.54. The molecule has 0 aliphatic heterocycles. The first-order valence-corrected chi connectivity index (χ1v) is 6.53. The minimum Gasteiger partial charge on any atom is -0.350 e. The lowest BCUT2D eigenvalue weighted by atomic mass is 10.1.